The molecule has 0 atom stereocenters. The lowest BCUT2D eigenvalue weighted by atomic mass is 10.2. The van der Waals surface area contributed by atoms with E-state index in [2.05, 4.69) is 30.8 Å². The quantitative estimate of drug-likeness (QED) is 0.570. The minimum absolute atomic E-state index is 0.262. The van der Waals surface area contributed by atoms with Crippen LogP contribution in [0.25, 0.3) is 10.9 Å². The van der Waals surface area contributed by atoms with Gasteiger partial charge < -0.3 is 10.6 Å². The van der Waals surface area contributed by atoms with Gasteiger partial charge in [-0.3, -0.25) is 4.98 Å². The van der Waals surface area contributed by atoms with Crippen molar-refractivity contribution in [2.24, 2.45) is 0 Å². The van der Waals surface area contributed by atoms with Crippen LogP contribution in [0.3, 0.4) is 0 Å². The number of nitrogens with zero attached hydrogens (tertiary/aromatic N) is 4. The summed E-state index contributed by atoms with van der Waals surface area (Å²) >= 11 is 0. The molecule has 0 aliphatic rings. The third-order valence-corrected chi connectivity index (χ3v) is 3.82. The first kappa shape index (κ1) is 15.9. The van der Waals surface area contributed by atoms with Crippen LogP contribution in [0.1, 0.15) is 5.56 Å². The zero-order valence-corrected chi connectivity index (χ0v) is 13.7. The Morgan fingerprint density at radius 3 is 2.69 bits per heavy atom. The van der Waals surface area contributed by atoms with Gasteiger partial charge in [0.1, 0.15) is 5.82 Å². The minimum Gasteiger partial charge on any atom is -0.349 e. The van der Waals surface area contributed by atoms with Crippen molar-refractivity contribution in [2.45, 2.75) is 6.54 Å². The van der Waals surface area contributed by atoms with Crippen LogP contribution in [0.5, 0.6) is 0 Å². The van der Waals surface area contributed by atoms with Gasteiger partial charge in [0.25, 0.3) is 0 Å². The molecule has 4 rings (SSSR count). The van der Waals surface area contributed by atoms with Crippen molar-refractivity contribution in [1.29, 1.82) is 0 Å². The molecule has 7 heteroatoms. The summed E-state index contributed by atoms with van der Waals surface area (Å²) < 4.78 is 13.0. The first-order valence-electron chi connectivity index (χ1n) is 8.07. The molecular weight excluding hydrogens is 331 g/mol. The third kappa shape index (κ3) is 3.56. The summed E-state index contributed by atoms with van der Waals surface area (Å²) in [6, 6.07) is 16.0. The number of rotatable bonds is 5. The predicted octanol–water partition coefficient (Wildman–Crippen LogP) is 3.91. The van der Waals surface area contributed by atoms with Crippen LogP contribution in [0, 0.1) is 5.82 Å². The molecule has 0 saturated heterocycles. The number of benzene rings is 2. The van der Waals surface area contributed by atoms with Crippen molar-refractivity contribution < 1.29 is 4.39 Å². The zero-order chi connectivity index (χ0) is 17.8. The lowest BCUT2D eigenvalue weighted by Crippen LogP contribution is -2.06. The molecule has 26 heavy (non-hydrogen) atoms. The number of halogens is 1. The van der Waals surface area contributed by atoms with E-state index >= 15 is 0 Å². The molecule has 2 N–H and O–H groups in total. The molecule has 2 heterocycles. The van der Waals surface area contributed by atoms with E-state index < -0.39 is 0 Å². The van der Waals surface area contributed by atoms with E-state index in [1.807, 2.05) is 30.3 Å². The van der Waals surface area contributed by atoms with E-state index in [-0.39, 0.29) is 5.82 Å². The molecule has 2 aromatic carbocycles. The van der Waals surface area contributed by atoms with Gasteiger partial charge in [0.2, 0.25) is 5.95 Å². The number of fused-ring (bicyclic) bond motifs is 1. The lowest BCUT2D eigenvalue weighted by molar-refractivity contribution is 0.627. The molecular formula is C19H15FN6. The standard InChI is InChI=1S/C19H15FN6/c20-15-8-6-13(7-9-15)11-22-19-25-17(12-23-26-19)24-16-5-1-3-14-4-2-10-21-18(14)16/h1-10,12H,11H2,(H2,22,24,25,26). The highest BCUT2D eigenvalue weighted by molar-refractivity contribution is 5.91. The Balaban J connectivity index is 1.51. The highest BCUT2D eigenvalue weighted by Crippen LogP contribution is 2.23. The second kappa shape index (κ2) is 7.10. The SMILES string of the molecule is Fc1ccc(CNc2nncc(Nc3cccc4cccnc34)n2)cc1. The van der Waals surface area contributed by atoms with Crippen LogP contribution in [0.4, 0.5) is 21.8 Å². The zero-order valence-electron chi connectivity index (χ0n) is 13.7. The van der Waals surface area contributed by atoms with Crippen LogP contribution in [0.15, 0.2) is 67.0 Å². The molecule has 6 nitrogen and oxygen atoms in total. The Labute approximate surface area is 149 Å². The number of pyridine rings is 1. The Bertz CT molecular complexity index is 1030. The summed E-state index contributed by atoms with van der Waals surface area (Å²) in [5.74, 6) is 0.675. The molecule has 0 unspecified atom stereocenters. The van der Waals surface area contributed by atoms with Gasteiger partial charge in [-0.2, -0.15) is 10.1 Å². The van der Waals surface area contributed by atoms with Crippen molar-refractivity contribution in [2.75, 3.05) is 10.6 Å². The van der Waals surface area contributed by atoms with E-state index in [0.717, 1.165) is 22.2 Å². The van der Waals surface area contributed by atoms with Gasteiger partial charge in [0.05, 0.1) is 17.4 Å². The van der Waals surface area contributed by atoms with E-state index in [9.17, 15) is 4.39 Å². The van der Waals surface area contributed by atoms with E-state index in [4.69, 9.17) is 0 Å². The molecule has 0 bridgehead atoms. The monoisotopic (exact) mass is 346 g/mol. The maximum absolute atomic E-state index is 13.0. The molecule has 0 saturated carbocycles. The fourth-order valence-electron chi connectivity index (χ4n) is 2.57. The first-order chi connectivity index (χ1) is 12.8. The predicted molar refractivity (Wildman–Crippen MR) is 98.6 cm³/mol. The van der Waals surface area contributed by atoms with Gasteiger partial charge in [0, 0.05) is 18.1 Å². The fourth-order valence-corrected chi connectivity index (χ4v) is 2.57. The summed E-state index contributed by atoms with van der Waals surface area (Å²) in [6.45, 7) is 0.473. The number of anilines is 3. The number of aromatic nitrogens is 4. The minimum atomic E-state index is -0.262. The van der Waals surface area contributed by atoms with Gasteiger partial charge in [-0.15, -0.1) is 5.10 Å². The lowest BCUT2D eigenvalue weighted by Gasteiger charge is -2.09. The van der Waals surface area contributed by atoms with Crippen LogP contribution < -0.4 is 10.6 Å². The first-order valence-corrected chi connectivity index (χ1v) is 8.07. The summed E-state index contributed by atoms with van der Waals surface area (Å²) in [6.07, 6.45) is 3.30. The number of nitrogens with one attached hydrogen (secondary N) is 2. The van der Waals surface area contributed by atoms with E-state index in [1.54, 1.807) is 24.5 Å². The highest BCUT2D eigenvalue weighted by Gasteiger charge is 2.05. The maximum Gasteiger partial charge on any atom is 0.244 e. The van der Waals surface area contributed by atoms with Crippen LogP contribution in [-0.2, 0) is 6.54 Å². The van der Waals surface area contributed by atoms with Crippen molar-refractivity contribution in [1.82, 2.24) is 20.2 Å². The number of para-hydroxylation sites is 1. The molecule has 2 aromatic heterocycles. The van der Waals surface area contributed by atoms with Crippen LogP contribution in [0.2, 0.25) is 0 Å². The summed E-state index contributed by atoms with van der Waals surface area (Å²) in [5, 5.41) is 15.3. The average molecular weight is 346 g/mol. The van der Waals surface area contributed by atoms with Gasteiger partial charge in [0.15, 0.2) is 5.82 Å². The molecule has 0 amide bonds. The second-order valence-electron chi connectivity index (χ2n) is 5.65. The van der Waals surface area contributed by atoms with Crippen molar-refractivity contribution in [3.63, 3.8) is 0 Å². The summed E-state index contributed by atoms with van der Waals surface area (Å²) in [4.78, 5) is 8.82. The normalized spacial score (nSPS) is 10.7. The average Bonchev–Trinajstić information content (AvgIpc) is 2.68. The fraction of sp³-hybridized carbons (Fsp3) is 0.0526. The second-order valence-corrected chi connectivity index (χ2v) is 5.65. The Hall–Kier alpha value is -3.61. The number of hydrogen-bond acceptors (Lipinski definition) is 6. The van der Waals surface area contributed by atoms with Gasteiger partial charge in [-0.1, -0.05) is 30.3 Å². The molecule has 0 spiro atoms. The van der Waals surface area contributed by atoms with Gasteiger partial charge in [-0.05, 0) is 29.8 Å². The Kier molecular flexibility index (Phi) is 4.34. The van der Waals surface area contributed by atoms with Crippen molar-refractivity contribution >= 4 is 28.4 Å². The molecule has 0 fully saturated rings. The highest BCUT2D eigenvalue weighted by atomic mass is 19.1. The summed E-state index contributed by atoms with van der Waals surface area (Å²) in [5.41, 5.74) is 2.62. The molecule has 4 aromatic rings. The largest absolute Gasteiger partial charge is 0.349 e. The Morgan fingerprint density at radius 2 is 1.81 bits per heavy atom. The van der Waals surface area contributed by atoms with Crippen LogP contribution >= 0.6 is 0 Å². The van der Waals surface area contributed by atoms with Crippen molar-refractivity contribution in [3.05, 3.63) is 78.4 Å². The summed E-state index contributed by atoms with van der Waals surface area (Å²) in [7, 11) is 0. The van der Waals surface area contributed by atoms with E-state index in [0.29, 0.717) is 18.3 Å². The molecule has 0 radical (unpaired) electrons. The third-order valence-electron chi connectivity index (χ3n) is 3.82. The number of hydrogen-bond donors (Lipinski definition) is 2. The van der Waals surface area contributed by atoms with Crippen LogP contribution in [-0.4, -0.2) is 20.2 Å². The maximum atomic E-state index is 13.0. The topological polar surface area (TPSA) is 75.6 Å². The van der Waals surface area contributed by atoms with Crippen molar-refractivity contribution in [3.8, 4) is 0 Å². The Morgan fingerprint density at radius 1 is 0.962 bits per heavy atom. The van der Waals surface area contributed by atoms with Gasteiger partial charge >= 0.3 is 0 Å². The molecule has 0 aliphatic carbocycles. The molecule has 128 valence electrons. The molecule has 0 aliphatic heterocycles. The van der Waals surface area contributed by atoms with Gasteiger partial charge in [-0.25, -0.2) is 4.39 Å². The van der Waals surface area contributed by atoms with E-state index in [1.165, 1.54) is 12.1 Å². The smallest absolute Gasteiger partial charge is 0.244 e.